The van der Waals surface area contributed by atoms with Gasteiger partial charge in [0.15, 0.2) is 0 Å². The van der Waals surface area contributed by atoms with Crippen molar-refractivity contribution in [3.8, 4) is 16.9 Å². The zero-order chi connectivity index (χ0) is 20.6. The molecule has 4 heteroatoms. The van der Waals surface area contributed by atoms with Gasteiger partial charge in [-0.2, -0.15) is 0 Å². The highest BCUT2D eigenvalue weighted by Crippen LogP contribution is 2.28. The monoisotopic (exact) mass is 390 g/mol. The number of carbonyl (C=O) groups is 1. The van der Waals surface area contributed by atoms with Gasteiger partial charge in [0, 0.05) is 0 Å². The average Bonchev–Trinajstić information content (AvgIpc) is 2.73. The zero-order valence-corrected chi connectivity index (χ0v) is 16.9. The quantitative estimate of drug-likeness (QED) is 0.497. The van der Waals surface area contributed by atoms with Crippen LogP contribution in [0.5, 0.6) is 5.75 Å². The van der Waals surface area contributed by atoms with Crippen LogP contribution in [0.4, 0.5) is 0 Å². The van der Waals surface area contributed by atoms with Crippen LogP contribution in [0.25, 0.3) is 11.1 Å². The lowest BCUT2D eigenvalue weighted by Gasteiger charge is -2.12. The first-order valence-electron chi connectivity index (χ1n) is 9.80. The van der Waals surface area contributed by atoms with Gasteiger partial charge in [0.2, 0.25) is 0 Å². The number of ether oxygens (including phenoxy) is 2. The fourth-order valence-electron chi connectivity index (χ4n) is 3.20. The molecule has 0 unspecified atom stereocenters. The molecule has 29 heavy (non-hydrogen) atoms. The zero-order valence-electron chi connectivity index (χ0n) is 16.9. The molecule has 0 spiro atoms. The van der Waals surface area contributed by atoms with E-state index >= 15 is 0 Å². The second-order valence-corrected chi connectivity index (χ2v) is 6.99. The topological polar surface area (TPSA) is 55.8 Å². The lowest BCUT2D eigenvalue weighted by Crippen LogP contribution is -2.02. The van der Waals surface area contributed by atoms with E-state index in [2.05, 4.69) is 6.92 Å². The summed E-state index contributed by atoms with van der Waals surface area (Å²) in [5.41, 5.74) is 4.95. The Morgan fingerprint density at radius 1 is 0.897 bits per heavy atom. The molecule has 3 aromatic rings. The van der Waals surface area contributed by atoms with Crippen molar-refractivity contribution in [3.05, 3.63) is 89.0 Å². The van der Waals surface area contributed by atoms with Crippen LogP contribution in [0.2, 0.25) is 0 Å². The predicted octanol–water partition coefficient (Wildman–Crippen LogP) is 5.87. The number of rotatable bonds is 9. The highest BCUT2D eigenvalue weighted by Gasteiger charge is 2.14. The summed E-state index contributed by atoms with van der Waals surface area (Å²) < 4.78 is 11.5. The summed E-state index contributed by atoms with van der Waals surface area (Å²) >= 11 is 0. The standard InChI is InChI=1S/C25H26O4/c1-3-13-29-21-9-6-8-19(14-21)16-28-17-20-11-12-23(25(26)27)24(15-20)22-10-5-4-7-18(22)2/h4-12,14-15H,3,13,16-17H2,1-2H3,(H,26,27). The molecular formula is C25H26O4. The van der Waals surface area contributed by atoms with Gasteiger partial charge in [-0.05, 0) is 65.4 Å². The molecule has 0 saturated heterocycles. The molecular weight excluding hydrogens is 364 g/mol. The van der Waals surface area contributed by atoms with Crippen molar-refractivity contribution in [2.75, 3.05) is 6.61 Å². The number of benzene rings is 3. The van der Waals surface area contributed by atoms with Gasteiger partial charge in [-0.25, -0.2) is 4.79 Å². The third-order valence-electron chi connectivity index (χ3n) is 4.66. The molecule has 0 saturated carbocycles. The maximum Gasteiger partial charge on any atom is 0.336 e. The minimum Gasteiger partial charge on any atom is -0.494 e. The van der Waals surface area contributed by atoms with Gasteiger partial charge in [-0.1, -0.05) is 49.4 Å². The van der Waals surface area contributed by atoms with E-state index in [9.17, 15) is 9.90 Å². The van der Waals surface area contributed by atoms with Crippen molar-refractivity contribution < 1.29 is 19.4 Å². The molecule has 0 aromatic heterocycles. The van der Waals surface area contributed by atoms with Crippen LogP contribution in [0.1, 0.15) is 40.4 Å². The molecule has 0 bridgehead atoms. The van der Waals surface area contributed by atoms with Crippen LogP contribution in [0, 0.1) is 6.92 Å². The maximum atomic E-state index is 11.7. The smallest absolute Gasteiger partial charge is 0.336 e. The van der Waals surface area contributed by atoms with E-state index in [1.165, 1.54) is 0 Å². The molecule has 0 fully saturated rings. The van der Waals surface area contributed by atoms with E-state index in [0.717, 1.165) is 34.4 Å². The van der Waals surface area contributed by atoms with E-state index in [1.54, 1.807) is 6.07 Å². The number of aromatic carboxylic acids is 1. The molecule has 4 nitrogen and oxygen atoms in total. The highest BCUT2D eigenvalue weighted by molar-refractivity contribution is 5.96. The molecule has 0 amide bonds. The number of carboxylic acid groups (broad SMARTS) is 1. The molecule has 0 radical (unpaired) electrons. The second kappa shape index (κ2) is 9.89. The van der Waals surface area contributed by atoms with Crippen LogP contribution in [-0.4, -0.2) is 17.7 Å². The van der Waals surface area contributed by atoms with Crippen molar-refractivity contribution >= 4 is 5.97 Å². The lowest BCUT2D eigenvalue weighted by molar-refractivity contribution is 0.0697. The fourth-order valence-corrected chi connectivity index (χ4v) is 3.20. The molecule has 0 heterocycles. The largest absolute Gasteiger partial charge is 0.494 e. The van der Waals surface area contributed by atoms with Crippen molar-refractivity contribution in [1.29, 1.82) is 0 Å². The summed E-state index contributed by atoms with van der Waals surface area (Å²) in [6.07, 6.45) is 0.969. The minimum absolute atomic E-state index is 0.295. The van der Waals surface area contributed by atoms with E-state index in [0.29, 0.717) is 30.9 Å². The minimum atomic E-state index is -0.931. The Morgan fingerprint density at radius 3 is 2.38 bits per heavy atom. The number of aryl methyl sites for hydroxylation is 1. The Bertz CT molecular complexity index is 978. The average molecular weight is 390 g/mol. The Labute approximate surface area is 171 Å². The Morgan fingerprint density at radius 2 is 1.66 bits per heavy atom. The molecule has 3 aromatic carbocycles. The lowest BCUT2D eigenvalue weighted by atomic mass is 9.94. The van der Waals surface area contributed by atoms with Gasteiger partial charge in [0.1, 0.15) is 5.75 Å². The van der Waals surface area contributed by atoms with Gasteiger partial charge in [0.25, 0.3) is 0 Å². The summed E-state index contributed by atoms with van der Waals surface area (Å²) in [7, 11) is 0. The van der Waals surface area contributed by atoms with Crippen LogP contribution in [0.3, 0.4) is 0 Å². The first-order chi connectivity index (χ1) is 14.1. The van der Waals surface area contributed by atoms with Crippen LogP contribution < -0.4 is 4.74 Å². The van der Waals surface area contributed by atoms with Crippen LogP contribution in [0.15, 0.2) is 66.7 Å². The third kappa shape index (κ3) is 5.46. The third-order valence-corrected chi connectivity index (χ3v) is 4.66. The molecule has 1 N–H and O–H groups in total. The van der Waals surface area contributed by atoms with Crippen molar-refractivity contribution in [3.63, 3.8) is 0 Å². The maximum absolute atomic E-state index is 11.7. The molecule has 0 aliphatic carbocycles. The number of hydrogen-bond acceptors (Lipinski definition) is 3. The summed E-state index contributed by atoms with van der Waals surface area (Å²) in [6, 6.07) is 21.1. The van der Waals surface area contributed by atoms with Crippen molar-refractivity contribution in [1.82, 2.24) is 0 Å². The van der Waals surface area contributed by atoms with E-state index < -0.39 is 5.97 Å². The molecule has 150 valence electrons. The van der Waals surface area contributed by atoms with Crippen molar-refractivity contribution in [2.45, 2.75) is 33.5 Å². The van der Waals surface area contributed by atoms with E-state index in [4.69, 9.17) is 9.47 Å². The fraction of sp³-hybridized carbons (Fsp3) is 0.240. The summed E-state index contributed by atoms with van der Waals surface area (Å²) in [6.45, 7) is 5.62. The van der Waals surface area contributed by atoms with Crippen molar-refractivity contribution in [2.24, 2.45) is 0 Å². The molecule has 3 rings (SSSR count). The SMILES string of the molecule is CCCOc1cccc(COCc2ccc(C(=O)O)c(-c3ccccc3C)c2)c1. The molecule has 0 aliphatic rings. The van der Waals surface area contributed by atoms with Gasteiger partial charge in [-0.3, -0.25) is 0 Å². The summed E-state index contributed by atoms with van der Waals surface area (Å²) in [5.74, 6) is -0.0831. The van der Waals surface area contributed by atoms with Crippen LogP contribution in [-0.2, 0) is 18.0 Å². The Kier molecular flexibility index (Phi) is 7.04. The first kappa shape index (κ1) is 20.6. The highest BCUT2D eigenvalue weighted by atomic mass is 16.5. The van der Waals surface area contributed by atoms with Gasteiger partial charge in [0.05, 0.1) is 25.4 Å². The summed E-state index contributed by atoms with van der Waals surface area (Å²) in [4.78, 5) is 11.7. The van der Waals surface area contributed by atoms with Gasteiger partial charge >= 0.3 is 5.97 Å². The number of carboxylic acids is 1. The van der Waals surface area contributed by atoms with Gasteiger partial charge < -0.3 is 14.6 Å². The molecule has 0 aliphatic heterocycles. The van der Waals surface area contributed by atoms with E-state index in [1.807, 2.05) is 67.6 Å². The van der Waals surface area contributed by atoms with Crippen LogP contribution >= 0.6 is 0 Å². The molecule has 0 atom stereocenters. The second-order valence-electron chi connectivity index (χ2n) is 6.99. The normalized spacial score (nSPS) is 10.7. The predicted molar refractivity (Wildman–Crippen MR) is 114 cm³/mol. The summed E-state index contributed by atoms with van der Waals surface area (Å²) in [5, 5.41) is 9.58. The van der Waals surface area contributed by atoms with Gasteiger partial charge in [-0.15, -0.1) is 0 Å². The Hall–Kier alpha value is -3.11. The Balaban J connectivity index is 1.73. The number of hydrogen-bond donors (Lipinski definition) is 1. The van der Waals surface area contributed by atoms with E-state index in [-0.39, 0.29) is 0 Å². The first-order valence-corrected chi connectivity index (χ1v) is 9.80.